The Morgan fingerprint density at radius 1 is 1.31 bits per heavy atom. The molecule has 2 aromatic rings. The van der Waals surface area contributed by atoms with E-state index in [0.29, 0.717) is 23.1 Å². The molecule has 0 unspecified atom stereocenters. The summed E-state index contributed by atoms with van der Waals surface area (Å²) >= 11 is 6.12. The summed E-state index contributed by atoms with van der Waals surface area (Å²) in [6.07, 6.45) is 2.33. The Kier molecular flexibility index (Phi) is 5.13. The van der Waals surface area contributed by atoms with E-state index in [0.717, 1.165) is 12.0 Å². The van der Waals surface area contributed by atoms with Gasteiger partial charge in [0, 0.05) is 24.3 Å². The van der Waals surface area contributed by atoms with Crippen molar-refractivity contribution in [2.45, 2.75) is 32.4 Å². The highest BCUT2D eigenvalue weighted by molar-refractivity contribution is 6.31. The predicted octanol–water partition coefficient (Wildman–Crippen LogP) is 2.95. The van der Waals surface area contributed by atoms with E-state index in [1.54, 1.807) is 24.4 Å². The Bertz CT molecular complexity index is 842. The van der Waals surface area contributed by atoms with Crippen molar-refractivity contribution in [2.75, 3.05) is 11.4 Å². The number of carbonyl (C=O) groups is 2. The number of nitrogens with one attached hydrogen (secondary N) is 1. The molecule has 7 heteroatoms. The Hall–Kier alpha value is -2.60. The average molecular weight is 374 g/mol. The summed E-state index contributed by atoms with van der Waals surface area (Å²) in [5.41, 5.74) is -0.895. The molecular formula is C19H20ClN3O3. The summed E-state index contributed by atoms with van der Waals surface area (Å²) < 4.78 is 5.79. The van der Waals surface area contributed by atoms with Gasteiger partial charge in [0.25, 0.3) is 17.4 Å². The number of nitrogens with zero attached hydrogens (tertiary/aromatic N) is 2. The second-order valence-corrected chi connectivity index (χ2v) is 6.60. The van der Waals surface area contributed by atoms with Gasteiger partial charge < -0.3 is 10.1 Å². The Morgan fingerprint density at radius 2 is 2.08 bits per heavy atom. The van der Waals surface area contributed by atoms with Crippen LogP contribution in [-0.4, -0.2) is 28.9 Å². The zero-order valence-corrected chi connectivity index (χ0v) is 15.4. The van der Waals surface area contributed by atoms with E-state index in [4.69, 9.17) is 16.3 Å². The third kappa shape index (κ3) is 3.24. The lowest BCUT2D eigenvalue weighted by atomic mass is 10.0. The molecule has 0 saturated carbocycles. The van der Waals surface area contributed by atoms with Crippen LogP contribution in [0.2, 0.25) is 5.02 Å². The van der Waals surface area contributed by atoms with E-state index in [-0.39, 0.29) is 6.54 Å². The minimum atomic E-state index is -1.66. The molecule has 1 N–H and O–H groups in total. The number of benzene rings is 1. The molecule has 1 aromatic carbocycles. The highest BCUT2D eigenvalue weighted by Gasteiger charge is 2.50. The highest BCUT2D eigenvalue weighted by Crippen LogP contribution is 2.36. The first-order valence-corrected chi connectivity index (χ1v) is 8.83. The Balaban J connectivity index is 1.85. The van der Waals surface area contributed by atoms with Gasteiger partial charge in [0.05, 0.1) is 0 Å². The number of aromatic nitrogens is 1. The molecule has 0 bridgehead atoms. The van der Waals surface area contributed by atoms with Crippen LogP contribution < -0.4 is 15.0 Å². The van der Waals surface area contributed by atoms with Gasteiger partial charge in [-0.05, 0) is 37.1 Å². The molecule has 26 heavy (non-hydrogen) atoms. The van der Waals surface area contributed by atoms with Crippen molar-refractivity contribution >= 4 is 29.2 Å². The summed E-state index contributed by atoms with van der Waals surface area (Å²) in [5, 5.41) is 3.31. The van der Waals surface area contributed by atoms with Crippen LogP contribution in [0.5, 0.6) is 5.75 Å². The number of rotatable bonds is 5. The third-order valence-corrected chi connectivity index (χ3v) is 4.62. The minimum Gasteiger partial charge on any atom is -0.464 e. The van der Waals surface area contributed by atoms with Crippen LogP contribution in [0.3, 0.4) is 0 Å². The number of anilines is 1. The van der Waals surface area contributed by atoms with Crippen molar-refractivity contribution in [3.8, 4) is 5.75 Å². The normalized spacial score (nSPS) is 18.9. The lowest BCUT2D eigenvalue weighted by Crippen LogP contribution is -2.62. The second kappa shape index (κ2) is 7.33. The van der Waals surface area contributed by atoms with E-state index < -0.39 is 17.4 Å². The van der Waals surface area contributed by atoms with E-state index in [2.05, 4.69) is 10.3 Å². The number of halogens is 1. The van der Waals surface area contributed by atoms with Crippen LogP contribution in [0.1, 0.15) is 25.8 Å². The standard InChI is InChI=1S/C19H20ClN3O3/c1-3-11-23-16-15(9-6-10-21-16)26-19(2,18(23)25)17(24)22-12-13-7-4-5-8-14(13)20/h4-10H,3,11-12H2,1-2H3,(H,22,24)/t19-/m0/s1. The smallest absolute Gasteiger partial charge is 0.282 e. The van der Waals surface area contributed by atoms with Crippen molar-refractivity contribution in [1.29, 1.82) is 0 Å². The number of carbonyl (C=O) groups excluding carboxylic acids is 2. The first-order chi connectivity index (χ1) is 12.5. The minimum absolute atomic E-state index is 0.207. The van der Waals surface area contributed by atoms with Gasteiger partial charge >= 0.3 is 0 Å². The first kappa shape index (κ1) is 18.2. The van der Waals surface area contributed by atoms with Gasteiger partial charge in [-0.2, -0.15) is 0 Å². The quantitative estimate of drug-likeness (QED) is 0.818. The van der Waals surface area contributed by atoms with Crippen LogP contribution in [0.4, 0.5) is 5.82 Å². The number of hydrogen-bond donors (Lipinski definition) is 1. The van der Waals surface area contributed by atoms with Crippen LogP contribution in [0.25, 0.3) is 0 Å². The monoisotopic (exact) mass is 373 g/mol. The lowest BCUT2D eigenvalue weighted by Gasteiger charge is -2.38. The number of amides is 2. The summed E-state index contributed by atoms with van der Waals surface area (Å²) in [5.74, 6) is -0.0908. The Morgan fingerprint density at radius 3 is 2.81 bits per heavy atom. The van der Waals surface area contributed by atoms with Gasteiger partial charge in [0.15, 0.2) is 11.6 Å². The number of hydrogen-bond acceptors (Lipinski definition) is 4. The number of fused-ring (bicyclic) bond motifs is 1. The van der Waals surface area contributed by atoms with E-state index >= 15 is 0 Å². The van der Waals surface area contributed by atoms with E-state index in [1.165, 1.54) is 11.8 Å². The molecule has 136 valence electrons. The van der Waals surface area contributed by atoms with Crippen LogP contribution >= 0.6 is 11.6 Å². The molecule has 0 saturated heterocycles. The van der Waals surface area contributed by atoms with Crippen molar-refractivity contribution in [3.63, 3.8) is 0 Å². The lowest BCUT2D eigenvalue weighted by molar-refractivity contribution is -0.148. The molecule has 1 atom stereocenters. The van der Waals surface area contributed by atoms with Gasteiger partial charge in [-0.15, -0.1) is 0 Å². The molecule has 2 heterocycles. The SMILES string of the molecule is CCCN1C(=O)[C@](C)(C(=O)NCc2ccccc2Cl)Oc2cccnc21. The molecule has 2 amide bonds. The molecule has 0 fully saturated rings. The molecule has 1 aliphatic rings. The molecule has 0 aliphatic carbocycles. The van der Waals surface area contributed by atoms with E-state index in [1.807, 2.05) is 25.1 Å². The molecular weight excluding hydrogens is 354 g/mol. The third-order valence-electron chi connectivity index (χ3n) is 4.25. The highest BCUT2D eigenvalue weighted by atomic mass is 35.5. The van der Waals surface area contributed by atoms with Gasteiger partial charge in [-0.25, -0.2) is 4.98 Å². The maximum Gasteiger partial charge on any atom is 0.282 e. The van der Waals surface area contributed by atoms with Crippen molar-refractivity contribution in [3.05, 3.63) is 53.2 Å². The number of pyridine rings is 1. The van der Waals surface area contributed by atoms with Crippen molar-refractivity contribution in [2.24, 2.45) is 0 Å². The van der Waals surface area contributed by atoms with Gasteiger partial charge in [-0.3, -0.25) is 14.5 Å². The Labute approximate surface area is 157 Å². The molecule has 1 aliphatic heterocycles. The summed E-state index contributed by atoms with van der Waals surface area (Å²) in [7, 11) is 0. The van der Waals surface area contributed by atoms with Crippen LogP contribution in [-0.2, 0) is 16.1 Å². The molecule has 1 aromatic heterocycles. The topological polar surface area (TPSA) is 71.5 Å². The summed E-state index contributed by atoms with van der Waals surface area (Å²) in [6, 6.07) is 10.6. The fourth-order valence-electron chi connectivity index (χ4n) is 2.84. The fraction of sp³-hybridized carbons (Fsp3) is 0.316. The maximum absolute atomic E-state index is 13.0. The molecule has 0 spiro atoms. The second-order valence-electron chi connectivity index (χ2n) is 6.19. The first-order valence-electron chi connectivity index (χ1n) is 8.45. The molecule has 6 nitrogen and oxygen atoms in total. The van der Waals surface area contributed by atoms with Gasteiger partial charge in [0.1, 0.15) is 0 Å². The fourth-order valence-corrected chi connectivity index (χ4v) is 3.04. The largest absolute Gasteiger partial charge is 0.464 e. The van der Waals surface area contributed by atoms with Crippen LogP contribution in [0.15, 0.2) is 42.6 Å². The summed E-state index contributed by atoms with van der Waals surface area (Å²) in [4.78, 5) is 31.6. The molecule has 3 rings (SSSR count). The van der Waals surface area contributed by atoms with Crippen LogP contribution in [0, 0.1) is 0 Å². The van der Waals surface area contributed by atoms with Gasteiger partial charge in [-0.1, -0.05) is 36.7 Å². The zero-order chi connectivity index (χ0) is 18.7. The van der Waals surface area contributed by atoms with Crippen molar-refractivity contribution < 1.29 is 14.3 Å². The predicted molar refractivity (Wildman–Crippen MR) is 99.2 cm³/mol. The zero-order valence-electron chi connectivity index (χ0n) is 14.7. The maximum atomic E-state index is 13.0. The van der Waals surface area contributed by atoms with Crippen molar-refractivity contribution in [1.82, 2.24) is 10.3 Å². The van der Waals surface area contributed by atoms with E-state index in [9.17, 15) is 9.59 Å². The molecule has 0 radical (unpaired) electrons. The summed E-state index contributed by atoms with van der Waals surface area (Å²) in [6.45, 7) is 4.11. The van der Waals surface area contributed by atoms with Gasteiger partial charge in [0.2, 0.25) is 0 Å². The number of ether oxygens (including phenoxy) is 1. The average Bonchev–Trinajstić information content (AvgIpc) is 2.64.